The van der Waals surface area contributed by atoms with Crippen molar-refractivity contribution in [2.45, 2.75) is 72.1 Å². The number of carbonyl (C=O) groups excluding carboxylic acids is 1. The van der Waals surface area contributed by atoms with Crippen LogP contribution in [0.2, 0.25) is 0 Å². The van der Waals surface area contributed by atoms with Crippen molar-refractivity contribution >= 4 is 5.78 Å². The maximum absolute atomic E-state index is 11.9. The number of ketones is 1. The SMILES string of the molecule is CCCCC(CC)CC(=O)CCC(C)CCN. The van der Waals surface area contributed by atoms with Gasteiger partial charge in [-0.3, -0.25) is 4.79 Å². The lowest BCUT2D eigenvalue weighted by Crippen LogP contribution is -2.11. The Bertz CT molecular complexity index is 191. The molecule has 0 radical (unpaired) electrons. The van der Waals surface area contributed by atoms with Gasteiger partial charge in [0.15, 0.2) is 0 Å². The Morgan fingerprint density at radius 3 is 2.41 bits per heavy atom. The monoisotopic (exact) mass is 241 g/mol. The molecule has 0 saturated carbocycles. The third-order valence-electron chi connectivity index (χ3n) is 3.64. The van der Waals surface area contributed by atoms with Gasteiger partial charge in [0.2, 0.25) is 0 Å². The second-order valence-corrected chi connectivity index (χ2v) is 5.38. The van der Waals surface area contributed by atoms with Crippen LogP contribution < -0.4 is 5.73 Å². The summed E-state index contributed by atoms with van der Waals surface area (Å²) in [6.07, 6.45) is 8.46. The lowest BCUT2D eigenvalue weighted by molar-refractivity contribution is -0.120. The van der Waals surface area contributed by atoms with E-state index >= 15 is 0 Å². The van der Waals surface area contributed by atoms with Crippen molar-refractivity contribution in [2.75, 3.05) is 6.54 Å². The molecule has 0 rings (SSSR count). The van der Waals surface area contributed by atoms with Crippen LogP contribution in [0.15, 0.2) is 0 Å². The lowest BCUT2D eigenvalue weighted by atomic mass is 9.91. The molecule has 0 aliphatic carbocycles. The predicted octanol–water partition coefficient (Wildman–Crippen LogP) is 3.93. The Labute approximate surface area is 107 Å². The highest BCUT2D eigenvalue weighted by molar-refractivity contribution is 5.78. The molecule has 0 bridgehead atoms. The molecule has 17 heavy (non-hydrogen) atoms. The van der Waals surface area contributed by atoms with Gasteiger partial charge in [-0.1, -0.05) is 46.5 Å². The summed E-state index contributed by atoms with van der Waals surface area (Å²) in [4.78, 5) is 11.9. The summed E-state index contributed by atoms with van der Waals surface area (Å²) >= 11 is 0. The minimum absolute atomic E-state index is 0.455. The molecular formula is C15H31NO. The van der Waals surface area contributed by atoms with Crippen LogP contribution in [0.4, 0.5) is 0 Å². The molecule has 0 aromatic carbocycles. The first-order valence-electron chi connectivity index (χ1n) is 7.35. The van der Waals surface area contributed by atoms with E-state index in [9.17, 15) is 4.79 Å². The summed E-state index contributed by atoms with van der Waals surface area (Å²) in [6.45, 7) is 7.34. The highest BCUT2D eigenvalue weighted by Crippen LogP contribution is 2.19. The van der Waals surface area contributed by atoms with Crippen molar-refractivity contribution in [3.63, 3.8) is 0 Å². The van der Waals surface area contributed by atoms with Crippen LogP contribution in [-0.2, 0) is 4.79 Å². The van der Waals surface area contributed by atoms with E-state index in [0.717, 1.165) is 38.6 Å². The Morgan fingerprint density at radius 2 is 1.88 bits per heavy atom. The average Bonchev–Trinajstić information content (AvgIpc) is 2.32. The highest BCUT2D eigenvalue weighted by Gasteiger charge is 2.12. The largest absolute Gasteiger partial charge is 0.330 e. The molecule has 0 fully saturated rings. The van der Waals surface area contributed by atoms with Gasteiger partial charge in [0.25, 0.3) is 0 Å². The first-order valence-corrected chi connectivity index (χ1v) is 7.35. The average molecular weight is 241 g/mol. The van der Waals surface area contributed by atoms with E-state index in [1.807, 2.05) is 0 Å². The highest BCUT2D eigenvalue weighted by atomic mass is 16.1. The molecule has 0 aliphatic heterocycles. The standard InChI is InChI=1S/C15H31NO/c1-4-6-7-14(5-2)12-15(17)9-8-13(3)10-11-16/h13-14H,4-12,16H2,1-3H3. The summed E-state index contributed by atoms with van der Waals surface area (Å²) in [5, 5.41) is 0. The Hall–Kier alpha value is -0.370. The van der Waals surface area contributed by atoms with Crippen LogP contribution in [0.1, 0.15) is 72.1 Å². The fraction of sp³-hybridized carbons (Fsp3) is 0.933. The smallest absolute Gasteiger partial charge is 0.133 e. The van der Waals surface area contributed by atoms with Gasteiger partial charge in [-0.25, -0.2) is 0 Å². The van der Waals surface area contributed by atoms with Crippen LogP contribution >= 0.6 is 0 Å². The number of nitrogens with two attached hydrogens (primary N) is 1. The number of hydrogen-bond donors (Lipinski definition) is 1. The number of hydrogen-bond acceptors (Lipinski definition) is 2. The molecule has 2 nitrogen and oxygen atoms in total. The van der Waals surface area contributed by atoms with E-state index in [-0.39, 0.29) is 0 Å². The van der Waals surface area contributed by atoms with Crippen molar-refractivity contribution < 1.29 is 4.79 Å². The lowest BCUT2D eigenvalue weighted by Gasteiger charge is -2.14. The summed E-state index contributed by atoms with van der Waals surface area (Å²) in [7, 11) is 0. The molecule has 0 saturated heterocycles. The third-order valence-corrected chi connectivity index (χ3v) is 3.64. The summed E-state index contributed by atoms with van der Waals surface area (Å²) in [5.74, 6) is 1.67. The van der Waals surface area contributed by atoms with E-state index < -0.39 is 0 Å². The number of unbranched alkanes of at least 4 members (excludes halogenated alkanes) is 1. The Balaban J connectivity index is 3.74. The topological polar surface area (TPSA) is 43.1 Å². The summed E-state index contributed by atoms with van der Waals surface area (Å²) in [6, 6.07) is 0. The molecule has 0 amide bonds. The van der Waals surface area contributed by atoms with E-state index in [2.05, 4.69) is 20.8 Å². The van der Waals surface area contributed by atoms with Crippen molar-refractivity contribution in [1.82, 2.24) is 0 Å². The first-order chi connectivity index (χ1) is 8.13. The molecule has 2 unspecified atom stereocenters. The number of carbonyl (C=O) groups is 1. The van der Waals surface area contributed by atoms with Crippen LogP contribution in [0.5, 0.6) is 0 Å². The zero-order chi connectivity index (χ0) is 13.1. The molecule has 0 spiro atoms. The predicted molar refractivity (Wildman–Crippen MR) is 75.0 cm³/mol. The fourth-order valence-corrected chi connectivity index (χ4v) is 2.20. The van der Waals surface area contributed by atoms with Gasteiger partial charge in [0, 0.05) is 12.8 Å². The van der Waals surface area contributed by atoms with Crippen LogP contribution in [0, 0.1) is 11.8 Å². The van der Waals surface area contributed by atoms with Gasteiger partial charge >= 0.3 is 0 Å². The van der Waals surface area contributed by atoms with E-state index in [1.165, 1.54) is 19.3 Å². The quantitative estimate of drug-likeness (QED) is 0.595. The molecule has 0 aromatic rings. The van der Waals surface area contributed by atoms with Gasteiger partial charge in [-0.2, -0.15) is 0 Å². The van der Waals surface area contributed by atoms with Gasteiger partial charge in [0.05, 0.1) is 0 Å². The van der Waals surface area contributed by atoms with Crippen molar-refractivity contribution in [1.29, 1.82) is 0 Å². The summed E-state index contributed by atoms with van der Waals surface area (Å²) in [5.41, 5.74) is 5.51. The van der Waals surface area contributed by atoms with Crippen molar-refractivity contribution in [3.8, 4) is 0 Å². The van der Waals surface area contributed by atoms with E-state index in [0.29, 0.717) is 17.6 Å². The first kappa shape index (κ1) is 16.6. The Kier molecular flexibility index (Phi) is 10.5. The maximum atomic E-state index is 11.9. The zero-order valence-corrected chi connectivity index (χ0v) is 12.0. The van der Waals surface area contributed by atoms with Gasteiger partial charge < -0.3 is 5.73 Å². The Morgan fingerprint density at radius 1 is 1.18 bits per heavy atom. The minimum atomic E-state index is 0.455. The van der Waals surface area contributed by atoms with Crippen LogP contribution in [0.25, 0.3) is 0 Å². The van der Waals surface area contributed by atoms with E-state index in [1.54, 1.807) is 0 Å². The molecule has 2 atom stereocenters. The second kappa shape index (κ2) is 10.8. The molecule has 2 heteroatoms. The molecule has 0 heterocycles. The maximum Gasteiger partial charge on any atom is 0.133 e. The van der Waals surface area contributed by atoms with Gasteiger partial charge in [-0.15, -0.1) is 0 Å². The van der Waals surface area contributed by atoms with Crippen molar-refractivity contribution in [2.24, 2.45) is 17.6 Å². The fourth-order valence-electron chi connectivity index (χ4n) is 2.20. The summed E-state index contributed by atoms with van der Waals surface area (Å²) < 4.78 is 0. The van der Waals surface area contributed by atoms with Crippen LogP contribution in [-0.4, -0.2) is 12.3 Å². The van der Waals surface area contributed by atoms with Gasteiger partial charge in [-0.05, 0) is 31.2 Å². The number of rotatable bonds is 11. The van der Waals surface area contributed by atoms with Crippen molar-refractivity contribution in [3.05, 3.63) is 0 Å². The van der Waals surface area contributed by atoms with Gasteiger partial charge in [0.1, 0.15) is 5.78 Å². The molecule has 2 N–H and O–H groups in total. The molecular weight excluding hydrogens is 210 g/mol. The number of Topliss-reactive ketones (excluding diaryl/α,β-unsaturated/α-hetero) is 1. The normalized spacial score (nSPS) is 14.6. The second-order valence-electron chi connectivity index (χ2n) is 5.38. The molecule has 102 valence electrons. The minimum Gasteiger partial charge on any atom is -0.330 e. The zero-order valence-electron chi connectivity index (χ0n) is 12.0. The van der Waals surface area contributed by atoms with E-state index in [4.69, 9.17) is 5.73 Å². The third kappa shape index (κ3) is 9.34. The molecule has 0 aliphatic rings. The molecule has 0 aromatic heterocycles. The van der Waals surface area contributed by atoms with Crippen LogP contribution in [0.3, 0.4) is 0 Å².